The Bertz CT molecular complexity index is 1080. The van der Waals surface area contributed by atoms with Gasteiger partial charge in [0.15, 0.2) is 0 Å². The highest BCUT2D eigenvalue weighted by Gasteiger charge is 2.37. The molecule has 2 heteroatoms. The zero-order valence-electron chi connectivity index (χ0n) is 15.0. The summed E-state index contributed by atoms with van der Waals surface area (Å²) < 4.78 is 5.03. The molecular weight excluding hydrogens is 332 g/mol. The van der Waals surface area contributed by atoms with Crippen molar-refractivity contribution in [1.29, 1.82) is 0 Å². The summed E-state index contributed by atoms with van der Waals surface area (Å²) in [4.78, 5) is 12.3. The maximum atomic E-state index is 12.3. The lowest BCUT2D eigenvalue weighted by Crippen LogP contribution is -2.23. The van der Waals surface area contributed by atoms with E-state index in [2.05, 4.69) is 72.8 Å². The Kier molecular flexibility index (Phi) is 3.58. The quantitative estimate of drug-likeness (QED) is 0.437. The van der Waals surface area contributed by atoms with Crippen LogP contribution in [0, 0.1) is 0 Å². The van der Waals surface area contributed by atoms with Gasteiger partial charge in [-0.25, -0.2) is 0 Å². The van der Waals surface area contributed by atoms with Gasteiger partial charge in [0.05, 0.1) is 7.11 Å². The van der Waals surface area contributed by atoms with Gasteiger partial charge in [-0.05, 0) is 44.2 Å². The Labute approximate surface area is 158 Å². The van der Waals surface area contributed by atoms with E-state index in [1.54, 1.807) is 0 Å². The summed E-state index contributed by atoms with van der Waals surface area (Å²) >= 11 is 0. The van der Waals surface area contributed by atoms with Gasteiger partial charge in [0.1, 0.15) is 5.92 Å². The second-order valence-corrected chi connectivity index (χ2v) is 6.84. The zero-order chi connectivity index (χ0) is 18.4. The highest BCUT2D eigenvalue weighted by Crippen LogP contribution is 2.50. The van der Waals surface area contributed by atoms with Gasteiger partial charge >= 0.3 is 5.97 Å². The van der Waals surface area contributed by atoms with Gasteiger partial charge in [0.2, 0.25) is 0 Å². The van der Waals surface area contributed by atoms with Crippen molar-refractivity contribution >= 4 is 16.7 Å². The van der Waals surface area contributed by atoms with Crippen molar-refractivity contribution in [2.75, 3.05) is 7.11 Å². The smallest absolute Gasteiger partial charge is 0.317 e. The molecule has 0 radical (unpaired) electrons. The minimum absolute atomic E-state index is 0.191. The molecule has 0 heterocycles. The first-order valence-corrected chi connectivity index (χ1v) is 9.08. The number of carbonyl (C=O) groups excluding carboxylic acids is 1. The second-order valence-electron chi connectivity index (χ2n) is 6.84. The van der Waals surface area contributed by atoms with Gasteiger partial charge in [-0.3, -0.25) is 4.79 Å². The third kappa shape index (κ3) is 2.30. The van der Waals surface area contributed by atoms with E-state index < -0.39 is 0 Å². The molecule has 0 aliphatic heterocycles. The van der Waals surface area contributed by atoms with E-state index in [9.17, 15) is 4.79 Å². The van der Waals surface area contributed by atoms with Crippen LogP contribution in [0.15, 0.2) is 84.9 Å². The maximum absolute atomic E-state index is 12.3. The van der Waals surface area contributed by atoms with Gasteiger partial charge in [-0.2, -0.15) is 0 Å². The summed E-state index contributed by atoms with van der Waals surface area (Å²) in [7, 11) is 1.45. The average molecular weight is 350 g/mol. The van der Waals surface area contributed by atoms with Gasteiger partial charge in [0.25, 0.3) is 0 Å². The van der Waals surface area contributed by atoms with Gasteiger partial charge in [-0.15, -0.1) is 0 Å². The molecule has 0 amide bonds. The third-order valence-corrected chi connectivity index (χ3v) is 5.45. The van der Waals surface area contributed by atoms with Crippen LogP contribution in [0.3, 0.4) is 0 Å². The number of rotatable bonds is 3. The molecule has 0 fully saturated rings. The van der Waals surface area contributed by atoms with Crippen LogP contribution >= 0.6 is 0 Å². The van der Waals surface area contributed by atoms with Crippen LogP contribution in [-0.2, 0) is 9.53 Å². The minimum atomic E-state index is -0.276. The average Bonchev–Trinajstić information content (AvgIpc) is 2.73. The fourth-order valence-corrected chi connectivity index (χ4v) is 4.21. The summed E-state index contributed by atoms with van der Waals surface area (Å²) in [5.41, 5.74) is 6.87. The van der Waals surface area contributed by atoms with Crippen molar-refractivity contribution in [3.63, 3.8) is 0 Å². The molecule has 0 saturated heterocycles. The van der Waals surface area contributed by atoms with Crippen LogP contribution in [0.5, 0.6) is 0 Å². The predicted molar refractivity (Wildman–Crippen MR) is 109 cm³/mol. The van der Waals surface area contributed by atoms with Crippen molar-refractivity contribution in [2.45, 2.75) is 5.92 Å². The molecule has 0 saturated carbocycles. The van der Waals surface area contributed by atoms with E-state index >= 15 is 0 Å². The Morgan fingerprint density at radius 3 is 1.59 bits per heavy atom. The minimum Gasteiger partial charge on any atom is -0.468 e. The summed E-state index contributed by atoms with van der Waals surface area (Å²) in [5, 5.41) is 2.40. The third-order valence-electron chi connectivity index (χ3n) is 5.45. The Hall–Kier alpha value is -3.39. The number of hydrogen-bond acceptors (Lipinski definition) is 2. The fraction of sp³-hybridized carbons (Fsp3) is 0.0800. The normalized spacial score (nSPS) is 12.6. The van der Waals surface area contributed by atoms with E-state index in [0.29, 0.717) is 0 Å². The number of carbonyl (C=O) groups is 1. The lowest BCUT2D eigenvalue weighted by molar-refractivity contribution is -0.141. The molecule has 27 heavy (non-hydrogen) atoms. The molecule has 5 rings (SSSR count). The van der Waals surface area contributed by atoms with Gasteiger partial charge in [0, 0.05) is 0 Å². The number of hydrogen-bond donors (Lipinski definition) is 0. The van der Waals surface area contributed by atoms with Crippen molar-refractivity contribution < 1.29 is 9.53 Å². The molecular formula is C25H18O2. The van der Waals surface area contributed by atoms with Crippen LogP contribution in [0.4, 0.5) is 0 Å². The SMILES string of the molecule is COC(=O)C1c2ccc(-c3ccccc3)c3c(-c4ccccc4)ccc1c23. The first-order valence-electron chi connectivity index (χ1n) is 9.08. The lowest BCUT2D eigenvalue weighted by Gasteiger charge is -2.31. The van der Waals surface area contributed by atoms with E-state index in [4.69, 9.17) is 4.74 Å². The molecule has 0 aromatic heterocycles. The summed E-state index contributed by atoms with van der Waals surface area (Å²) in [6.07, 6.45) is 0. The molecule has 130 valence electrons. The molecule has 4 aromatic rings. The standard InChI is InChI=1S/C25H18O2/c1-27-25(26)24-20-14-12-18(16-8-4-2-5-9-16)22-19(13-15-21(24)23(20)22)17-10-6-3-7-11-17/h2-15,24H,1H3. The number of ether oxygens (including phenoxy) is 1. The topological polar surface area (TPSA) is 26.3 Å². The second kappa shape index (κ2) is 6.10. The van der Waals surface area contributed by atoms with Crippen LogP contribution in [0.25, 0.3) is 33.0 Å². The van der Waals surface area contributed by atoms with E-state index in [0.717, 1.165) is 11.1 Å². The Morgan fingerprint density at radius 1 is 0.667 bits per heavy atom. The highest BCUT2D eigenvalue weighted by molar-refractivity contribution is 6.15. The lowest BCUT2D eigenvalue weighted by atomic mass is 9.72. The highest BCUT2D eigenvalue weighted by atomic mass is 16.5. The van der Waals surface area contributed by atoms with E-state index in [1.165, 1.54) is 40.1 Å². The van der Waals surface area contributed by atoms with Crippen molar-refractivity contribution in [3.05, 3.63) is 96.1 Å². The molecule has 0 atom stereocenters. The summed E-state index contributed by atoms with van der Waals surface area (Å²) in [6.45, 7) is 0. The Balaban J connectivity index is 1.84. The summed E-state index contributed by atoms with van der Waals surface area (Å²) in [5.74, 6) is -0.467. The first kappa shape index (κ1) is 15.8. The summed E-state index contributed by atoms with van der Waals surface area (Å²) in [6, 6.07) is 29.3. The van der Waals surface area contributed by atoms with Gasteiger partial charge in [-0.1, -0.05) is 84.9 Å². The van der Waals surface area contributed by atoms with E-state index in [-0.39, 0.29) is 11.9 Å². The van der Waals surface area contributed by atoms with Crippen LogP contribution < -0.4 is 0 Å². The first-order chi connectivity index (χ1) is 13.3. The number of benzene rings is 4. The Morgan fingerprint density at radius 2 is 1.15 bits per heavy atom. The molecule has 0 unspecified atom stereocenters. The molecule has 2 nitrogen and oxygen atoms in total. The molecule has 1 aliphatic carbocycles. The monoisotopic (exact) mass is 350 g/mol. The van der Waals surface area contributed by atoms with Crippen LogP contribution in [0.1, 0.15) is 17.0 Å². The van der Waals surface area contributed by atoms with Crippen molar-refractivity contribution in [3.8, 4) is 22.3 Å². The van der Waals surface area contributed by atoms with E-state index in [1.807, 2.05) is 12.1 Å². The molecule has 1 aliphatic rings. The maximum Gasteiger partial charge on any atom is 0.317 e. The van der Waals surface area contributed by atoms with Gasteiger partial charge < -0.3 is 4.74 Å². The van der Waals surface area contributed by atoms with Crippen LogP contribution in [-0.4, -0.2) is 13.1 Å². The zero-order valence-corrected chi connectivity index (χ0v) is 15.0. The van der Waals surface area contributed by atoms with Crippen molar-refractivity contribution in [2.24, 2.45) is 0 Å². The number of methoxy groups -OCH3 is 1. The number of esters is 1. The van der Waals surface area contributed by atoms with Crippen molar-refractivity contribution in [1.82, 2.24) is 0 Å². The molecule has 4 aromatic carbocycles. The largest absolute Gasteiger partial charge is 0.468 e. The predicted octanol–water partition coefficient (Wildman–Crippen LogP) is 5.79. The molecule has 0 bridgehead atoms. The fourth-order valence-electron chi connectivity index (χ4n) is 4.21. The molecule has 0 N–H and O–H groups in total. The van der Waals surface area contributed by atoms with Crippen LogP contribution in [0.2, 0.25) is 0 Å². The molecule has 0 spiro atoms.